The predicted molar refractivity (Wildman–Crippen MR) is 118 cm³/mol. The number of fused-ring (bicyclic) bond motifs is 4. The van der Waals surface area contributed by atoms with Crippen molar-refractivity contribution in [2.24, 2.45) is 0 Å². The Morgan fingerprint density at radius 3 is 2.41 bits per heavy atom. The second-order valence-corrected chi connectivity index (χ2v) is 8.01. The third kappa shape index (κ3) is 3.77. The van der Waals surface area contributed by atoms with Gasteiger partial charge in [0.2, 0.25) is 12.5 Å². The average molecular weight is 527 g/mol. The van der Waals surface area contributed by atoms with Crippen LogP contribution < -0.4 is 31.0 Å². The number of aromatic nitrogens is 2. The molecule has 1 aliphatic heterocycles. The number of nitrogens with one attached hydrogen (secondary N) is 1. The molecule has 6 rings (SSSR count). The van der Waals surface area contributed by atoms with Gasteiger partial charge < -0.3 is 31.4 Å². The summed E-state index contributed by atoms with van der Waals surface area (Å²) in [7, 11) is 0. The highest BCUT2D eigenvalue weighted by molar-refractivity contribution is 6.10. The van der Waals surface area contributed by atoms with E-state index < -0.39 is 11.7 Å². The number of alkyl halides is 3. The standard InChI is InChI=1S/C26H17F3N2O2.BrH/c27-26(28,29)18-8-5-16(6-9-18)14-31-12-11-20-19-3-1-2-4-21(19)30-24(20)25(31)17-7-10-22-23(13-17)33-15-32-22;/h1-13H,14-15H2;1H. The van der Waals surface area contributed by atoms with E-state index in [1.54, 1.807) is 0 Å². The Hall–Kier alpha value is -3.52. The van der Waals surface area contributed by atoms with E-state index in [4.69, 9.17) is 9.47 Å². The van der Waals surface area contributed by atoms with Crippen LogP contribution in [0.25, 0.3) is 33.1 Å². The Balaban J connectivity index is 0.00000241. The van der Waals surface area contributed by atoms with Gasteiger partial charge in [0.15, 0.2) is 24.2 Å². The monoisotopic (exact) mass is 526 g/mol. The zero-order valence-electron chi connectivity index (χ0n) is 17.7. The van der Waals surface area contributed by atoms with E-state index in [-0.39, 0.29) is 23.8 Å². The lowest BCUT2D eigenvalue weighted by Crippen LogP contribution is -3.00. The van der Waals surface area contributed by atoms with E-state index in [1.807, 2.05) is 53.2 Å². The summed E-state index contributed by atoms with van der Waals surface area (Å²) in [6, 6.07) is 21.2. The van der Waals surface area contributed by atoms with Crippen LogP contribution in [0.2, 0.25) is 0 Å². The Labute approximate surface area is 203 Å². The molecule has 0 radical (unpaired) electrons. The summed E-state index contributed by atoms with van der Waals surface area (Å²) >= 11 is 0. The minimum atomic E-state index is -4.35. The van der Waals surface area contributed by atoms with Gasteiger partial charge in [-0.2, -0.15) is 17.7 Å². The number of H-pyrrole nitrogens is 1. The summed E-state index contributed by atoms with van der Waals surface area (Å²) < 4.78 is 52.0. The molecule has 4 nitrogen and oxygen atoms in total. The lowest BCUT2D eigenvalue weighted by atomic mass is 10.1. The number of rotatable bonds is 3. The minimum Gasteiger partial charge on any atom is -1.00 e. The van der Waals surface area contributed by atoms with Crippen LogP contribution in [0.5, 0.6) is 11.5 Å². The van der Waals surface area contributed by atoms with E-state index in [0.29, 0.717) is 18.0 Å². The van der Waals surface area contributed by atoms with Crippen LogP contribution in [0, 0.1) is 0 Å². The highest BCUT2D eigenvalue weighted by atomic mass is 79.9. The lowest BCUT2D eigenvalue weighted by molar-refractivity contribution is -0.676. The second-order valence-electron chi connectivity index (χ2n) is 8.01. The van der Waals surface area contributed by atoms with Crippen molar-refractivity contribution in [2.45, 2.75) is 12.7 Å². The summed E-state index contributed by atoms with van der Waals surface area (Å²) in [6.07, 6.45) is -2.38. The topological polar surface area (TPSA) is 38.1 Å². The zero-order chi connectivity index (χ0) is 22.6. The number of ether oxygens (including phenoxy) is 2. The van der Waals surface area contributed by atoms with Crippen molar-refractivity contribution in [3.05, 3.63) is 90.1 Å². The molecule has 1 N–H and O–H groups in total. The molecule has 0 unspecified atom stereocenters. The number of hydrogen-bond donors (Lipinski definition) is 1. The van der Waals surface area contributed by atoms with Gasteiger partial charge in [-0.1, -0.05) is 30.3 Å². The van der Waals surface area contributed by atoms with Crippen LogP contribution in [0.15, 0.2) is 79.0 Å². The van der Waals surface area contributed by atoms with Crippen molar-refractivity contribution in [1.29, 1.82) is 0 Å². The van der Waals surface area contributed by atoms with Crippen LogP contribution in [-0.4, -0.2) is 11.8 Å². The van der Waals surface area contributed by atoms with Crippen molar-refractivity contribution in [3.8, 4) is 22.8 Å². The predicted octanol–water partition coefficient (Wildman–Crippen LogP) is 3.08. The number of aromatic amines is 1. The van der Waals surface area contributed by atoms with Crippen molar-refractivity contribution in [3.63, 3.8) is 0 Å². The first-order chi connectivity index (χ1) is 16.0. The van der Waals surface area contributed by atoms with Gasteiger partial charge in [-0.25, -0.2) is 0 Å². The lowest BCUT2D eigenvalue weighted by Gasteiger charge is -2.09. The van der Waals surface area contributed by atoms with Gasteiger partial charge in [0.1, 0.15) is 5.52 Å². The van der Waals surface area contributed by atoms with Gasteiger partial charge in [-0.3, -0.25) is 0 Å². The molecule has 172 valence electrons. The Bertz CT molecular complexity index is 1510. The molecular formula is C26H18BrF3N2O2. The number of nitrogens with zero attached hydrogens (tertiary/aromatic N) is 1. The highest BCUT2D eigenvalue weighted by Gasteiger charge is 2.30. The van der Waals surface area contributed by atoms with Gasteiger partial charge in [0, 0.05) is 27.9 Å². The molecule has 0 saturated carbocycles. The van der Waals surface area contributed by atoms with E-state index >= 15 is 0 Å². The van der Waals surface area contributed by atoms with E-state index in [0.717, 1.165) is 50.8 Å². The molecule has 0 bridgehead atoms. The molecule has 3 heterocycles. The molecule has 0 aliphatic carbocycles. The summed E-state index contributed by atoms with van der Waals surface area (Å²) in [4.78, 5) is 3.53. The van der Waals surface area contributed by atoms with Crippen LogP contribution in [-0.2, 0) is 12.7 Å². The molecule has 8 heteroatoms. The summed E-state index contributed by atoms with van der Waals surface area (Å²) in [5, 5.41) is 2.18. The number of halogens is 4. The van der Waals surface area contributed by atoms with Crippen molar-refractivity contribution < 1.29 is 44.2 Å². The molecular weight excluding hydrogens is 509 g/mol. The molecule has 3 aromatic carbocycles. The van der Waals surface area contributed by atoms with Gasteiger partial charge in [0.05, 0.1) is 11.1 Å². The van der Waals surface area contributed by atoms with E-state index in [1.165, 1.54) is 12.1 Å². The van der Waals surface area contributed by atoms with E-state index in [2.05, 4.69) is 11.1 Å². The molecule has 34 heavy (non-hydrogen) atoms. The highest BCUT2D eigenvalue weighted by Crippen LogP contribution is 2.38. The molecule has 0 saturated heterocycles. The van der Waals surface area contributed by atoms with Crippen molar-refractivity contribution >= 4 is 21.8 Å². The van der Waals surface area contributed by atoms with Crippen LogP contribution in [0.1, 0.15) is 11.1 Å². The molecule has 0 spiro atoms. The summed E-state index contributed by atoms with van der Waals surface area (Å²) in [5.74, 6) is 1.36. The zero-order valence-corrected chi connectivity index (χ0v) is 19.3. The fraction of sp³-hybridized carbons (Fsp3) is 0.115. The first-order valence-corrected chi connectivity index (χ1v) is 10.5. The quantitative estimate of drug-likeness (QED) is 0.367. The molecule has 2 aromatic heterocycles. The van der Waals surface area contributed by atoms with Gasteiger partial charge in [0.25, 0.3) is 0 Å². The number of pyridine rings is 1. The number of para-hydroxylation sites is 1. The summed E-state index contributed by atoms with van der Waals surface area (Å²) in [5.41, 5.74) is 3.92. The Kier molecular flexibility index (Phi) is 5.48. The molecule has 1 aliphatic rings. The first kappa shape index (κ1) is 22.3. The molecule has 0 fully saturated rings. The third-order valence-electron chi connectivity index (χ3n) is 5.97. The fourth-order valence-electron chi connectivity index (χ4n) is 4.39. The number of benzene rings is 3. The van der Waals surface area contributed by atoms with Crippen molar-refractivity contribution in [2.75, 3.05) is 6.79 Å². The minimum absolute atomic E-state index is 0. The normalized spacial score (nSPS) is 12.8. The fourth-order valence-corrected chi connectivity index (χ4v) is 4.39. The second kappa shape index (κ2) is 8.36. The SMILES string of the molecule is FC(F)(F)c1ccc(C[n+]2ccc3c([nH]c4ccccc43)c2-c2ccc3c(c2)OCO3)cc1.[Br-]. The summed E-state index contributed by atoms with van der Waals surface area (Å²) in [6.45, 7) is 0.591. The first-order valence-electron chi connectivity index (χ1n) is 10.5. The molecule has 5 aromatic rings. The smallest absolute Gasteiger partial charge is 0.416 e. The largest absolute Gasteiger partial charge is 1.00 e. The van der Waals surface area contributed by atoms with Gasteiger partial charge in [-0.05, 0) is 36.4 Å². The Morgan fingerprint density at radius 2 is 1.62 bits per heavy atom. The van der Waals surface area contributed by atoms with Gasteiger partial charge in [-0.15, -0.1) is 0 Å². The van der Waals surface area contributed by atoms with Crippen LogP contribution in [0.4, 0.5) is 13.2 Å². The Morgan fingerprint density at radius 1 is 0.853 bits per heavy atom. The third-order valence-corrected chi connectivity index (χ3v) is 5.97. The van der Waals surface area contributed by atoms with Crippen LogP contribution in [0.3, 0.4) is 0 Å². The average Bonchev–Trinajstić information content (AvgIpc) is 3.42. The number of hydrogen-bond acceptors (Lipinski definition) is 2. The van der Waals surface area contributed by atoms with Crippen LogP contribution >= 0.6 is 0 Å². The molecule has 0 amide bonds. The molecule has 0 atom stereocenters. The van der Waals surface area contributed by atoms with E-state index in [9.17, 15) is 13.2 Å². The van der Waals surface area contributed by atoms with Gasteiger partial charge >= 0.3 is 6.18 Å². The maximum Gasteiger partial charge on any atom is 0.416 e. The maximum absolute atomic E-state index is 13.0. The maximum atomic E-state index is 13.0. The van der Waals surface area contributed by atoms with Crippen molar-refractivity contribution in [1.82, 2.24) is 4.98 Å².